The summed E-state index contributed by atoms with van der Waals surface area (Å²) in [6.45, 7) is 4.37. The van der Waals surface area contributed by atoms with Crippen molar-refractivity contribution in [2.24, 2.45) is 5.92 Å². The standard InChI is InChI=1S/C24H29F3N4O/c25-24(26,27)21-6-3-11-28-22(21)31-14-4-5-20(17-31)23(32)29-15-18-7-9-19(10-8-18)16-30-12-1-2-13-30/h3,6-11,20H,1-2,4-5,12-17H2,(H,29,32). The van der Waals surface area contributed by atoms with Crippen molar-refractivity contribution >= 4 is 11.7 Å². The number of carbonyl (C=O) groups excluding carboxylic acids is 1. The van der Waals surface area contributed by atoms with Crippen molar-refractivity contribution in [3.05, 3.63) is 59.3 Å². The Morgan fingerprint density at radius 2 is 1.75 bits per heavy atom. The van der Waals surface area contributed by atoms with E-state index in [1.165, 1.54) is 30.7 Å². The van der Waals surface area contributed by atoms with Crippen molar-refractivity contribution < 1.29 is 18.0 Å². The Morgan fingerprint density at radius 3 is 2.47 bits per heavy atom. The third-order valence-electron chi connectivity index (χ3n) is 6.28. The van der Waals surface area contributed by atoms with E-state index < -0.39 is 11.7 Å². The van der Waals surface area contributed by atoms with Crippen molar-refractivity contribution in [1.29, 1.82) is 0 Å². The van der Waals surface area contributed by atoms with Gasteiger partial charge < -0.3 is 10.2 Å². The third-order valence-corrected chi connectivity index (χ3v) is 6.28. The number of nitrogens with one attached hydrogen (secondary N) is 1. The third kappa shape index (κ3) is 5.59. The molecule has 1 amide bonds. The first-order valence-electron chi connectivity index (χ1n) is 11.3. The molecule has 2 aliphatic heterocycles. The summed E-state index contributed by atoms with van der Waals surface area (Å²) in [5.41, 5.74) is 1.52. The number of piperidine rings is 1. The number of aromatic nitrogens is 1. The number of nitrogens with zero attached hydrogens (tertiary/aromatic N) is 3. The minimum absolute atomic E-state index is 0.0916. The molecule has 1 atom stereocenters. The molecule has 4 rings (SSSR count). The van der Waals surface area contributed by atoms with Crippen LogP contribution in [0.1, 0.15) is 42.4 Å². The highest BCUT2D eigenvalue weighted by Gasteiger charge is 2.37. The molecular formula is C24H29F3N4O. The van der Waals surface area contributed by atoms with Crippen LogP contribution in [0.2, 0.25) is 0 Å². The molecule has 2 saturated heterocycles. The van der Waals surface area contributed by atoms with Gasteiger partial charge in [0.2, 0.25) is 5.91 Å². The monoisotopic (exact) mass is 446 g/mol. The number of amides is 1. The topological polar surface area (TPSA) is 48.5 Å². The van der Waals surface area contributed by atoms with Gasteiger partial charge in [0.15, 0.2) is 0 Å². The van der Waals surface area contributed by atoms with Gasteiger partial charge in [0.25, 0.3) is 0 Å². The summed E-state index contributed by atoms with van der Waals surface area (Å²) in [5, 5.41) is 2.96. The minimum atomic E-state index is -4.47. The lowest BCUT2D eigenvalue weighted by Gasteiger charge is -2.34. The average Bonchev–Trinajstić information content (AvgIpc) is 3.31. The van der Waals surface area contributed by atoms with Crippen molar-refractivity contribution in [1.82, 2.24) is 15.2 Å². The molecule has 0 radical (unpaired) electrons. The fourth-order valence-corrected chi connectivity index (χ4v) is 4.55. The molecule has 3 heterocycles. The van der Waals surface area contributed by atoms with Gasteiger partial charge in [0.1, 0.15) is 5.82 Å². The second-order valence-electron chi connectivity index (χ2n) is 8.68. The first kappa shape index (κ1) is 22.6. The van der Waals surface area contributed by atoms with Crippen LogP contribution < -0.4 is 10.2 Å². The Morgan fingerprint density at radius 1 is 1.03 bits per heavy atom. The molecule has 2 aromatic rings. The van der Waals surface area contributed by atoms with Crippen LogP contribution in [0.4, 0.5) is 19.0 Å². The van der Waals surface area contributed by atoms with Crippen LogP contribution in [0.3, 0.4) is 0 Å². The lowest BCUT2D eigenvalue weighted by molar-refractivity contribution is -0.137. The molecule has 0 bridgehead atoms. The zero-order valence-corrected chi connectivity index (χ0v) is 18.1. The molecule has 0 aliphatic carbocycles. The van der Waals surface area contributed by atoms with E-state index in [0.717, 1.165) is 31.3 Å². The zero-order chi connectivity index (χ0) is 22.6. The number of halogens is 3. The maximum Gasteiger partial charge on any atom is 0.419 e. The van der Waals surface area contributed by atoms with Crippen molar-refractivity contribution in [3.8, 4) is 0 Å². The Labute approximate surface area is 186 Å². The summed E-state index contributed by atoms with van der Waals surface area (Å²) in [6.07, 6.45) is 0.727. The Balaban J connectivity index is 1.32. The summed E-state index contributed by atoms with van der Waals surface area (Å²) in [4.78, 5) is 20.7. The quantitative estimate of drug-likeness (QED) is 0.722. The number of anilines is 1. The normalized spacial score (nSPS) is 19.8. The number of hydrogen-bond donors (Lipinski definition) is 1. The first-order valence-corrected chi connectivity index (χ1v) is 11.3. The number of carbonyl (C=O) groups is 1. The molecule has 1 aromatic carbocycles. The molecule has 1 N–H and O–H groups in total. The molecule has 0 saturated carbocycles. The smallest absolute Gasteiger partial charge is 0.355 e. The van der Waals surface area contributed by atoms with Gasteiger partial charge in [0.05, 0.1) is 11.5 Å². The largest absolute Gasteiger partial charge is 0.419 e. The maximum absolute atomic E-state index is 13.4. The van der Waals surface area contributed by atoms with E-state index in [9.17, 15) is 18.0 Å². The summed E-state index contributed by atoms with van der Waals surface area (Å²) in [5.74, 6) is -0.576. The van der Waals surface area contributed by atoms with Crippen LogP contribution in [-0.4, -0.2) is 42.0 Å². The zero-order valence-electron chi connectivity index (χ0n) is 18.1. The van der Waals surface area contributed by atoms with Gasteiger partial charge in [-0.25, -0.2) is 4.98 Å². The van der Waals surface area contributed by atoms with Crippen molar-refractivity contribution in [2.45, 2.75) is 44.9 Å². The molecule has 32 heavy (non-hydrogen) atoms. The van der Waals surface area contributed by atoms with E-state index in [4.69, 9.17) is 0 Å². The first-order chi connectivity index (χ1) is 15.4. The molecule has 1 aromatic heterocycles. The van der Waals surface area contributed by atoms with E-state index >= 15 is 0 Å². The highest BCUT2D eigenvalue weighted by molar-refractivity contribution is 5.79. The lowest BCUT2D eigenvalue weighted by Crippen LogP contribution is -2.43. The number of pyridine rings is 1. The second-order valence-corrected chi connectivity index (χ2v) is 8.68. The van der Waals surface area contributed by atoms with E-state index in [2.05, 4.69) is 27.3 Å². The van der Waals surface area contributed by atoms with E-state index in [-0.39, 0.29) is 24.2 Å². The van der Waals surface area contributed by atoms with Crippen molar-refractivity contribution in [3.63, 3.8) is 0 Å². The van der Waals surface area contributed by atoms with Crippen LogP contribution in [0.25, 0.3) is 0 Å². The molecule has 172 valence electrons. The van der Waals surface area contributed by atoms with E-state index in [1.54, 1.807) is 4.90 Å². The SMILES string of the molecule is O=C(NCc1ccc(CN2CCCC2)cc1)C1CCCN(c2ncccc2C(F)(F)F)C1. The lowest BCUT2D eigenvalue weighted by atomic mass is 9.96. The van der Waals surface area contributed by atoms with E-state index in [0.29, 0.717) is 25.9 Å². The van der Waals surface area contributed by atoms with Gasteiger partial charge in [-0.05, 0) is 62.0 Å². The fraction of sp³-hybridized carbons (Fsp3) is 0.500. The number of likely N-dealkylation sites (tertiary alicyclic amines) is 1. The van der Waals surface area contributed by atoms with Gasteiger partial charge in [-0.1, -0.05) is 24.3 Å². The van der Waals surface area contributed by atoms with Crippen LogP contribution >= 0.6 is 0 Å². The molecular weight excluding hydrogens is 417 g/mol. The van der Waals surface area contributed by atoms with Gasteiger partial charge in [0, 0.05) is 32.4 Å². The minimum Gasteiger partial charge on any atom is -0.355 e. The number of alkyl halides is 3. The number of hydrogen-bond acceptors (Lipinski definition) is 4. The summed E-state index contributed by atoms with van der Waals surface area (Å²) < 4.78 is 40.1. The predicted molar refractivity (Wildman–Crippen MR) is 117 cm³/mol. The summed E-state index contributed by atoms with van der Waals surface area (Å²) in [6, 6.07) is 10.6. The molecule has 5 nitrogen and oxygen atoms in total. The van der Waals surface area contributed by atoms with Crippen molar-refractivity contribution in [2.75, 3.05) is 31.1 Å². The van der Waals surface area contributed by atoms with Gasteiger partial charge in [-0.15, -0.1) is 0 Å². The van der Waals surface area contributed by atoms with Crippen LogP contribution in [0.15, 0.2) is 42.6 Å². The number of rotatable bonds is 6. The van der Waals surface area contributed by atoms with Crippen LogP contribution in [0, 0.1) is 5.92 Å². The molecule has 8 heteroatoms. The maximum atomic E-state index is 13.4. The molecule has 1 unspecified atom stereocenters. The predicted octanol–water partition coefficient (Wildman–Crippen LogP) is 4.23. The average molecular weight is 447 g/mol. The van der Waals surface area contributed by atoms with Gasteiger partial charge in [-0.2, -0.15) is 13.2 Å². The molecule has 2 aliphatic rings. The summed E-state index contributed by atoms with van der Waals surface area (Å²) in [7, 11) is 0. The molecule has 0 spiro atoms. The van der Waals surface area contributed by atoms with Gasteiger partial charge >= 0.3 is 6.18 Å². The Bertz CT molecular complexity index is 910. The van der Waals surface area contributed by atoms with E-state index in [1.807, 2.05) is 12.1 Å². The van der Waals surface area contributed by atoms with Crippen LogP contribution in [0.5, 0.6) is 0 Å². The highest BCUT2D eigenvalue weighted by atomic mass is 19.4. The Kier molecular flexibility index (Phi) is 6.98. The molecule has 2 fully saturated rings. The van der Waals surface area contributed by atoms with Crippen LogP contribution in [-0.2, 0) is 24.1 Å². The Hall–Kier alpha value is -2.61. The number of benzene rings is 1. The fourth-order valence-electron chi connectivity index (χ4n) is 4.55. The van der Waals surface area contributed by atoms with Gasteiger partial charge in [-0.3, -0.25) is 9.69 Å². The highest BCUT2D eigenvalue weighted by Crippen LogP contribution is 2.36. The second kappa shape index (κ2) is 9.90. The summed E-state index contributed by atoms with van der Waals surface area (Å²) >= 11 is 0.